The van der Waals surface area contributed by atoms with Crippen LogP contribution in [0.3, 0.4) is 0 Å². The van der Waals surface area contributed by atoms with E-state index in [0.29, 0.717) is 0 Å². The second kappa shape index (κ2) is 3.09. The zero-order valence-electron chi connectivity index (χ0n) is 8.61. The highest BCUT2D eigenvalue weighted by atomic mass is 16.5. The molecule has 1 aromatic carbocycles. The number of hydrogen-bond acceptors (Lipinski definition) is 2. The van der Waals surface area contributed by atoms with Crippen LogP contribution >= 0.6 is 0 Å². The van der Waals surface area contributed by atoms with Gasteiger partial charge in [-0.1, -0.05) is 18.2 Å². The lowest BCUT2D eigenvalue weighted by Gasteiger charge is -2.26. The van der Waals surface area contributed by atoms with Crippen LogP contribution in [0.2, 0.25) is 0 Å². The van der Waals surface area contributed by atoms with Gasteiger partial charge in [0.2, 0.25) is 0 Å². The molecule has 78 valence electrons. The van der Waals surface area contributed by atoms with E-state index < -0.39 is 0 Å². The van der Waals surface area contributed by atoms with Gasteiger partial charge in [-0.3, -0.25) is 0 Å². The number of hydrogen-bond donors (Lipinski definition) is 0. The Balaban J connectivity index is 2.08. The van der Waals surface area contributed by atoms with Crippen LogP contribution in [0.4, 0.5) is 0 Å². The molecule has 2 nitrogen and oxygen atoms in total. The summed E-state index contributed by atoms with van der Waals surface area (Å²) in [4.78, 5) is 11.3. The molecule has 2 aliphatic rings. The number of aldehydes is 1. The summed E-state index contributed by atoms with van der Waals surface area (Å²) in [7, 11) is 0. The number of benzene rings is 1. The van der Waals surface area contributed by atoms with E-state index >= 15 is 0 Å². The van der Waals surface area contributed by atoms with Crippen LogP contribution in [-0.4, -0.2) is 11.9 Å². The van der Waals surface area contributed by atoms with Gasteiger partial charge in [0.15, 0.2) is 0 Å². The highest BCUT2D eigenvalue weighted by Crippen LogP contribution is 2.51. The smallest absolute Gasteiger partial charge is 0.131 e. The topological polar surface area (TPSA) is 26.3 Å². The Hall–Kier alpha value is -1.31. The van der Waals surface area contributed by atoms with Crippen LogP contribution < -0.4 is 4.74 Å². The Morgan fingerprint density at radius 2 is 2.00 bits per heavy atom. The number of para-hydroxylation sites is 1. The van der Waals surface area contributed by atoms with Crippen molar-refractivity contribution in [3.63, 3.8) is 0 Å². The van der Waals surface area contributed by atoms with Crippen LogP contribution in [0.5, 0.6) is 5.75 Å². The van der Waals surface area contributed by atoms with Crippen molar-refractivity contribution < 1.29 is 9.53 Å². The van der Waals surface area contributed by atoms with Gasteiger partial charge in [-0.2, -0.15) is 0 Å². The van der Waals surface area contributed by atoms with Gasteiger partial charge in [-0.15, -0.1) is 0 Å². The minimum Gasteiger partial charge on any atom is -0.486 e. The van der Waals surface area contributed by atoms with Crippen molar-refractivity contribution in [1.29, 1.82) is 0 Å². The van der Waals surface area contributed by atoms with Gasteiger partial charge in [-0.25, -0.2) is 0 Å². The minimum absolute atomic E-state index is 0.0452. The summed E-state index contributed by atoms with van der Waals surface area (Å²) in [6.45, 7) is 0. The molecule has 3 rings (SSSR count). The quantitative estimate of drug-likeness (QED) is 0.654. The molecule has 1 spiro atoms. The SMILES string of the molecule is O=CC1c2ccccc2OC12CCCC2. The lowest BCUT2D eigenvalue weighted by atomic mass is 9.84. The summed E-state index contributed by atoms with van der Waals surface area (Å²) < 4.78 is 6.03. The molecule has 1 aromatic rings. The van der Waals surface area contributed by atoms with E-state index in [4.69, 9.17) is 4.74 Å². The molecule has 2 heteroatoms. The normalized spacial score (nSPS) is 26.3. The molecule has 0 bridgehead atoms. The maximum Gasteiger partial charge on any atom is 0.131 e. The summed E-state index contributed by atoms with van der Waals surface area (Å²) in [6.07, 6.45) is 5.46. The van der Waals surface area contributed by atoms with Gasteiger partial charge >= 0.3 is 0 Å². The van der Waals surface area contributed by atoms with E-state index in [2.05, 4.69) is 0 Å². The lowest BCUT2D eigenvalue weighted by molar-refractivity contribution is -0.112. The summed E-state index contributed by atoms with van der Waals surface area (Å²) >= 11 is 0. The highest BCUT2D eigenvalue weighted by Gasteiger charge is 2.49. The average Bonchev–Trinajstić information content (AvgIpc) is 2.83. The van der Waals surface area contributed by atoms with Crippen molar-refractivity contribution >= 4 is 6.29 Å². The van der Waals surface area contributed by atoms with Crippen LogP contribution in [0, 0.1) is 0 Å². The largest absolute Gasteiger partial charge is 0.486 e. The number of carbonyl (C=O) groups excluding carboxylic acids is 1. The summed E-state index contributed by atoms with van der Waals surface area (Å²) in [5.41, 5.74) is 0.875. The lowest BCUT2D eigenvalue weighted by Crippen LogP contribution is -2.35. The predicted octanol–water partition coefficient (Wildman–Crippen LogP) is 2.67. The maximum atomic E-state index is 11.3. The summed E-state index contributed by atoms with van der Waals surface area (Å²) in [6, 6.07) is 7.93. The van der Waals surface area contributed by atoms with E-state index in [-0.39, 0.29) is 11.5 Å². The Bertz CT molecular complexity index is 391. The number of rotatable bonds is 1. The number of ether oxygens (including phenoxy) is 1. The molecule has 1 heterocycles. The van der Waals surface area contributed by atoms with Gasteiger partial charge in [0, 0.05) is 5.56 Å². The second-order valence-corrected chi connectivity index (χ2v) is 4.53. The van der Waals surface area contributed by atoms with Crippen molar-refractivity contribution in [2.75, 3.05) is 0 Å². The second-order valence-electron chi connectivity index (χ2n) is 4.53. The fourth-order valence-electron chi connectivity index (χ4n) is 2.98. The zero-order chi connectivity index (χ0) is 10.3. The third kappa shape index (κ3) is 1.14. The Kier molecular flexibility index (Phi) is 1.84. The van der Waals surface area contributed by atoms with Gasteiger partial charge < -0.3 is 9.53 Å². The van der Waals surface area contributed by atoms with Crippen LogP contribution in [-0.2, 0) is 4.79 Å². The molecule has 0 saturated heterocycles. The first-order chi connectivity index (χ1) is 7.36. The fourth-order valence-corrected chi connectivity index (χ4v) is 2.98. The van der Waals surface area contributed by atoms with Crippen molar-refractivity contribution in [2.45, 2.75) is 37.2 Å². The third-order valence-electron chi connectivity index (χ3n) is 3.72. The van der Waals surface area contributed by atoms with Crippen molar-refractivity contribution in [3.05, 3.63) is 29.8 Å². The molecule has 1 atom stereocenters. The molecule has 1 fully saturated rings. The van der Waals surface area contributed by atoms with Crippen molar-refractivity contribution in [2.24, 2.45) is 0 Å². The predicted molar refractivity (Wildman–Crippen MR) is 57.1 cm³/mol. The van der Waals surface area contributed by atoms with E-state index in [9.17, 15) is 4.79 Å². The summed E-state index contributed by atoms with van der Waals surface area (Å²) in [5, 5.41) is 0. The van der Waals surface area contributed by atoms with Crippen LogP contribution in [0.25, 0.3) is 0 Å². The van der Waals surface area contributed by atoms with Crippen LogP contribution in [0.1, 0.15) is 37.2 Å². The first-order valence-electron chi connectivity index (χ1n) is 5.59. The number of fused-ring (bicyclic) bond motifs is 1. The number of carbonyl (C=O) groups is 1. The standard InChI is InChI=1S/C13H14O2/c14-9-11-10-5-1-2-6-12(10)15-13(11)7-3-4-8-13/h1-2,5-6,9,11H,3-4,7-8H2. The van der Waals surface area contributed by atoms with Crippen molar-refractivity contribution in [3.8, 4) is 5.75 Å². The van der Waals surface area contributed by atoms with E-state index in [1.54, 1.807) is 0 Å². The molecule has 1 aliphatic heterocycles. The fraction of sp³-hybridized carbons (Fsp3) is 0.462. The molecular weight excluding hydrogens is 188 g/mol. The van der Waals surface area contributed by atoms with E-state index in [1.807, 2.05) is 24.3 Å². The molecule has 1 saturated carbocycles. The zero-order valence-corrected chi connectivity index (χ0v) is 8.61. The Morgan fingerprint density at radius 3 is 2.73 bits per heavy atom. The van der Waals surface area contributed by atoms with Gasteiger partial charge in [-0.05, 0) is 31.7 Å². The Labute approximate surface area is 89.2 Å². The van der Waals surface area contributed by atoms with Gasteiger partial charge in [0.05, 0.1) is 5.92 Å². The molecule has 0 aromatic heterocycles. The van der Waals surface area contributed by atoms with E-state index in [0.717, 1.165) is 30.4 Å². The molecule has 0 N–H and O–H groups in total. The third-order valence-corrected chi connectivity index (χ3v) is 3.72. The average molecular weight is 202 g/mol. The Morgan fingerprint density at radius 1 is 1.27 bits per heavy atom. The van der Waals surface area contributed by atoms with E-state index in [1.165, 1.54) is 12.8 Å². The molecular formula is C13H14O2. The van der Waals surface area contributed by atoms with Crippen LogP contribution in [0.15, 0.2) is 24.3 Å². The van der Waals surface area contributed by atoms with Gasteiger partial charge in [0.25, 0.3) is 0 Å². The van der Waals surface area contributed by atoms with Gasteiger partial charge in [0.1, 0.15) is 17.6 Å². The molecule has 1 aliphatic carbocycles. The molecule has 0 radical (unpaired) electrons. The first kappa shape index (κ1) is 8.96. The minimum atomic E-state index is -0.203. The maximum absolute atomic E-state index is 11.3. The summed E-state index contributed by atoms with van der Waals surface area (Å²) in [5.74, 6) is 0.868. The molecule has 1 unspecified atom stereocenters. The molecule has 15 heavy (non-hydrogen) atoms. The first-order valence-corrected chi connectivity index (χ1v) is 5.59. The monoisotopic (exact) mass is 202 g/mol. The van der Waals surface area contributed by atoms with Crippen molar-refractivity contribution in [1.82, 2.24) is 0 Å². The molecule has 0 amide bonds. The highest BCUT2D eigenvalue weighted by molar-refractivity contribution is 5.69.